The van der Waals surface area contributed by atoms with Crippen LogP contribution in [-0.4, -0.2) is 12.8 Å². The Morgan fingerprint density at radius 3 is 2.11 bits per heavy atom. The van der Waals surface area contributed by atoms with Crippen molar-refractivity contribution < 1.29 is 0 Å². The van der Waals surface area contributed by atoms with E-state index in [4.69, 9.17) is 0 Å². The van der Waals surface area contributed by atoms with E-state index in [-0.39, 0.29) is 0 Å². The van der Waals surface area contributed by atoms with E-state index >= 15 is 0 Å². The zero-order chi connectivity index (χ0) is 7.54. The number of hydrogen-bond acceptors (Lipinski definition) is 1. The lowest BCUT2D eigenvalue weighted by atomic mass is 10.5. The molecule has 0 fully saturated rings. The second kappa shape index (κ2) is 15.7. The molecule has 0 aliphatic carbocycles. The van der Waals surface area contributed by atoms with Crippen molar-refractivity contribution >= 4 is 6.21 Å². The van der Waals surface area contributed by atoms with Crippen molar-refractivity contribution in [1.82, 2.24) is 0 Å². The lowest BCUT2D eigenvalue weighted by Gasteiger charge is -1.75. The molecule has 0 aliphatic heterocycles. The van der Waals surface area contributed by atoms with Gasteiger partial charge in [0.25, 0.3) is 0 Å². The summed E-state index contributed by atoms with van der Waals surface area (Å²) in [7, 11) is 0. The minimum absolute atomic E-state index is 0.826. The molecule has 0 aromatic rings. The van der Waals surface area contributed by atoms with Crippen LogP contribution in [0.2, 0.25) is 0 Å². The Kier molecular flexibility index (Phi) is 19.5. The maximum Gasteiger partial charge on any atom is 0.0566 e. The SMILES string of the molecule is CC.CC=NC/C=C\C. The minimum atomic E-state index is 0.826. The standard InChI is InChI=1S/C6H11N.C2H6/c1-3-5-6-7-4-2;1-2/h3-5H,6H2,1-2H3;1-2H3/b5-3-,7-4?;. The Balaban J connectivity index is 0. The van der Waals surface area contributed by atoms with E-state index in [1.807, 2.05) is 39.8 Å². The summed E-state index contributed by atoms with van der Waals surface area (Å²) in [4.78, 5) is 3.95. The summed E-state index contributed by atoms with van der Waals surface area (Å²) >= 11 is 0. The van der Waals surface area contributed by atoms with Gasteiger partial charge < -0.3 is 0 Å². The van der Waals surface area contributed by atoms with Gasteiger partial charge in [-0.25, -0.2) is 0 Å². The van der Waals surface area contributed by atoms with E-state index in [2.05, 4.69) is 4.99 Å². The van der Waals surface area contributed by atoms with Crippen LogP contribution in [0.15, 0.2) is 17.1 Å². The number of rotatable bonds is 2. The molecule has 0 saturated carbocycles. The first-order valence-corrected chi connectivity index (χ1v) is 3.47. The second-order valence-corrected chi connectivity index (χ2v) is 1.19. The highest BCUT2D eigenvalue weighted by molar-refractivity contribution is 5.53. The van der Waals surface area contributed by atoms with Crippen molar-refractivity contribution in [1.29, 1.82) is 0 Å². The van der Waals surface area contributed by atoms with Crippen LogP contribution in [-0.2, 0) is 0 Å². The van der Waals surface area contributed by atoms with Crippen LogP contribution in [0, 0.1) is 0 Å². The van der Waals surface area contributed by atoms with Gasteiger partial charge >= 0.3 is 0 Å². The molecule has 1 heteroatoms. The van der Waals surface area contributed by atoms with Crippen molar-refractivity contribution in [2.24, 2.45) is 4.99 Å². The van der Waals surface area contributed by atoms with Crippen LogP contribution in [0.5, 0.6) is 0 Å². The predicted octanol–water partition coefficient (Wildman–Crippen LogP) is 2.68. The predicted molar refractivity (Wildman–Crippen MR) is 45.2 cm³/mol. The fourth-order valence-corrected chi connectivity index (χ4v) is 0.272. The molecule has 0 spiro atoms. The third-order valence-electron chi connectivity index (χ3n) is 0.629. The molecule has 0 bridgehead atoms. The van der Waals surface area contributed by atoms with Gasteiger partial charge in [0.2, 0.25) is 0 Å². The quantitative estimate of drug-likeness (QED) is 0.399. The summed E-state index contributed by atoms with van der Waals surface area (Å²) in [5, 5.41) is 0. The van der Waals surface area contributed by atoms with Crippen molar-refractivity contribution in [2.75, 3.05) is 6.54 Å². The molecule has 0 unspecified atom stereocenters. The topological polar surface area (TPSA) is 12.4 Å². The van der Waals surface area contributed by atoms with Crippen molar-refractivity contribution in [3.63, 3.8) is 0 Å². The molecule has 0 heterocycles. The molecule has 1 nitrogen and oxygen atoms in total. The highest BCUT2D eigenvalue weighted by Gasteiger charge is 1.61. The van der Waals surface area contributed by atoms with Gasteiger partial charge in [0.05, 0.1) is 6.54 Å². The van der Waals surface area contributed by atoms with Crippen molar-refractivity contribution in [3.8, 4) is 0 Å². The van der Waals surface area contributed by atoms with Crippen molar-refractivity contribution in [3.05, 3.63) is 12.2 Å². The normalized spacial score (nSPS) is 9.78. The first-order valence-electron chi connectivity index (χ1n) is 3.47. The van der Waals surface area contributed by atoms with Gasteiger partial charge in [-0.3, -0.25) is 4.99 Å². The highest BCUT2D eigenvalue weighted by atomic mass is 14.7. The Hall–Kier alpha value is -0.590. The molecule has 0 N–H and O–H groups in total. The van der Waals surface area contributed by atoms with E-state index in [9.17, 15) is 0 Å². The molecule has 0 saturated heterocycles. The number of nitrogens with zero attached hydrogens (tertiary/aromatic N) is 1. The molecule has 0 atom stereocenters. The first-order chi connectivity index (χ1) is 4.41. The van der Waals surface area contributed by atoms with Gasteiger partial charge in [0.1, 0.15) is 0 Å². The third-order valence-corrected chi connectivity index (χ3v) is 0.629. The monoisotopic (exact) mass is 127 g/mol. The zero-order valence-corrected chi connectivity index (χ0v) is 6.89. The summed E-state index contributed by atoms with van der Waals surface area (Å²) in [6.45, 7) is 8.74. The van der Waals surface area contributed by atoms with Crippen LogP contribution in [0.3, 0.4) is 0 Å². The van der Waals surface area contributed by atoms with Crippen LogP contribution in [0.1, 0.15) is 27.7 Å². The Labute approximate surface area is 58.5 Å². The molecule has 0 amide bonds. The Bertz CT molecular complexity index is 62.6. The summed E-state index contributed by atoms with van der Waals surface area (Å²) in [5.74, 6) is 0. The summed E-state index contributed by atoms with van der Waals surface area (Å²) < 4.78 is 0. The highest BCUT2D eigenvalue weighted by Crippen LogP contribution is 1.70. The van der Waals surface area contributed by atoms with Gasteiger partial charge in [-0.2, -0.15) is 0 Å². The van der Waals surface area contributed by atoms with E-state index < -0.39 is 0 Å². The molecule has 0 radical (unpaired) electrons. The van der Waals surface area contributed by atoms with E-state index in [1.165, 1.54) is 0 Å². The largest absolute Gasteiger partial charge is 0.294 e. The second-order valence-electron chi connectivity index (χ2n) is 1.19. The number of hydrogen-bond donors (Lipinski definition) is 0. The molecular weight excluding hydrogens is 110 g/mol. The van der Waals surface area contributed by atoms with E-state index in [0.29, 0.717) is 0 Å². The van der Waals surface area contributed by atoms with E-state index in [1.54, 1.807) is 6.21 Å². The van der Waals surface area contributed by atoms with Gasteiger partial charge in [-0.15, -0.1) is 0 Å². The fourth-order valence-electron chi connectivity index (χ4n) is 0.272. The summed E-state index contributed by atoms with van der Waals surface area (Å²) in [5.41, 5.74) is 0. The number of aliphatic imine (C=N–C) groups is 1. The van der Waals surface area contributed by atoms with Gasteiger partial charge in [0.15, 0.2) is 0 Å². The van der Waals surface area contributed by atoms with Crippen LogP contribution in [0.25, 0.3) is 0 Å². The molecule has 0 aliphatic rings. The lowest BCUT2D eigenvalue weighted by molar-refractivity contribution is 1.25. The lowest BCUT2D eigenvalue weighted by Crippen LogP contribution is -1.68. The van der Waals surface area contributed by atoms with Crippen LogP contribution < -0.4 is 0 Å². The van der Waals surface area contributed by atoms with Crippen molar-refractivity contribution in [2.45, 2.75) is 27.7 Å². The maximum absolute atomic E-state index is 3.95. The first kappa shape index (κ1) is 11.2. The molecule has 0 aromatic heterocycles. The minimum Gasteiger partial charge on any atom is -0.294 e. The van der Waals surface area contributed by atoms with Gasteiger partial charge in [0, 0.05) is 0 Å². The van der Waals surface area contributed by atoms with Gasteiger partial charge in [-0.05, 0) is 20.1 Å². The molecule has 54 valence electrons. The average molecular weight is 127 g/mol. The van der Waals surface area contributed by atoms with Crippen LogP contribution >= 0.6 is 0 Å². The summed E-state index contributed by atoms with van der Waals surface area (Å²) in [6.07, 6.45) is 5.81. The molecule has 0 rings (SSSR count). The van der Waals surface area contributed by atoms with Gasteiger partial charge in [-0.1, -0.05) is 26.0 Å². The smallest absolute Gasteiger partial charge is 0.0566 e. The fraction of sp³-hybridized carbons (Fsp3) is 0.625. The maximum atomic E-state index is 3.95. The van der Waals surface area contributed by atoms with Crippen LogP contribution in [0.4, 0.5) is 0 Å². The molecule has 9 heavy (non-hydrogen) atoms. The average Bonchev–Trinajstić information content (AvgIpc) is 1.94. The van der Waals surface area contributed by atoms with E-state index in [0.717, 1.165) is 6.54 Å². The Morgan fingerprint density at radius 1 is 1.22 bits per heavy atom. The molecular formula is C8H17N. The zero-order valence-electron chi connectivity index (χ0n) is 6.89. The summed E-state index contributed by atoms with van der Waals surface area (Å²) in [6, 6.07) is 0. The number of allylic oxidation sites excluding steroid dienone is 1. The Morgan fingerprint density at radius 2 is 1.78 bits per heavy atom. The molecule has 0 aromatic carbocycles. The third kappa shape index (κ3) is 18.7.